The smallest absolute Gasteiger partial charge is 0.330 e. The fourth-order valence-corrected chi connectivity index (χ4v) is 3.67. The number of ether oxygens (including phenoxy) is 2. The molecule has 0 bridgehead atoms. The molecule has 2 aromatic rings. The van der Waals surface area contributed by atoms with Gasteiger partial charge in [0.05, 0.1) is 19.4 Å². The summed E-state index contributed by atoms with van der Waals surface area (Å²) in [6, 6.07) is 3.94. The number of aryl methyl sites for hydroxylation is 2. The van der Waals surface area contributed by atoms with Crippen LogP contribution < -0.4 is 0 Å². The molecule has 0 spiro atoms. The van der Waals surface area contributed by atoms with Crippen molar-refractivity contribution in [3.05, 3.63) is 47.2 Å². The van der Waals surface area contributed by atoms with E-state index in [0.29, 0.717) is 18.9 Å². The lowest BCUT2D eigenvalue weighted by molar-refractivity contribution is -0.138. The van der Waals surface area contributed by atoms with Gasteiger partial charge in [-0.05, 0) is 56.0 Å². The molecule has 0 aliphatic carbocycles. The van der Waals surface area contributed by atoms with Gasteiger partial charge in [-0.3, -0.25) is 4.68 Å². The summed E-state index contributed by atoms with van der Waals surface area (Å²) in [7, 11) is 0. The molecule has 34 heavy (non-hydrogen) atoms. The Morgan fingerprint density at radius 3 is 2.00 bits per heavy atom. The highest BCUT2D eigenvalue weighted by Crippen LogP contribution is 2.30. The van der Waals surface area contributed by atoms with Gasteiger partial charge in [0.25, 0.3) is 0 Å². The van der Waals surface area contributed by atoms with Gasteiger partial charge in [0.15, 0.2) is 0 Å². The molecule has 0 radical (unpaired) electrons. The van der Waals surface area contributed by atoms with Crippen LogP contribution in [0.3, 0.4) is 0 Å². The number of carbonyl (C=O) groups excluding carboxylic acids is 2. The van der Waals surface area contributed by atoms with E-state index in [1.54, 1.807) is 26.0 Å². The first-order chi connectivity index (χ1) is 16.5. The summed E-state index contributed by atoms with van der Waals surface area (Å²) in [6.45, 7) is 9.13. The molecule has 2 rings (SSSR count). The Balaban J connectivity index is 2.34. The molecule has 1 aromatic heterocycles. The molecule has 0 saturated heterocycles. The van der Waals surface area contributed by atoms with E-state index in [-0.39, 0.29) is 0 Å². The molecular weight excluding hydrogens is 430 g/mol. The van der Waals surface area contributed by atoms with E-state index in [2.05, 4.69) is 17.2 Å². The number of esters is 2. The molecule has 0 unspecified atom stereocenters. The number of unbranched alkanes of at least 4 members (excludes halogenated alkanes) is 5. The molecule has 0 aliphatic heterocycles. The molecular formula is C27H37N3O4. The molecule has 7 heteroatoms. The van der Waals surface area contributed by atoms with E-state index in [1.807, 2.05) is 29.9 Å². The number of hydrogen-bond acceptors (Lipinski definition) is 6. The Labute approximate surface area is 202 Å². The molecule has 1 aromatic carbocycles. The monoisotopic (exact) mass is 467 g/mol. The Kier molecular flexibility index (Phi) is 11.8. The summed E-state index contributed by atoms with van der Waals surface area (Å²) in [5, 5.41) is 8.72. The van der Waals surface area contributed by atoms with Crippen LogP contribution >= 0.6 is 0 Å². The zero-order valence-corrected chi connectivity index (χ0v) is 20.9. The van der Waals surface area contributed by atoms with Gasteiger partial charge in [-0.2, -0.15) is 0 Å². The summed E-state index contributed by atoms with van der Waals surface area (Å²) < 4.78 is 11.9. The van der Waals surface area contributed by atoms with Gasteiger partial charge in [0.1, 0.15) is 5.69 Å². The van der Waals surface area contributed by atoms with Crippen LogP contribution in [0.5, 0.6) is 0 Å². The second-order valence-electron chi connectivity index (χ2n) is 8.12. The van der Waals surface area contributed by atoms with Crippen molar-refractivity contribution in [3.63, 3.8) is 0 Å². The second-order valence-corrected chi connectivity index (χ2v) is 8.12. The third kappa shape index (κ3) is 8.96. The van der Waals surface area contributed by atoms with Gasteiger partial charge in [-0.15, -0.1) is 5.10 Å². The highest BCUT2D eigenvalue weighted by molar-refractivity contribution is 5.93. The summed E-state index contributed by atoms with van der Waals surface area (Å²) in [5.41, 5.74) is 4.04. The van der Waals surface area contributed by atoms with Crippen LogP contribution in [-0.2, 0) is 25.6 Å². The van der Waals surface area contributed by atoms with Crippen LogP contribution in [0.25, 0.3) is 23.4 Å². The lowest BCUT2D eigenvalue weighted by Crippen LogP contribution is -2.00. The van der Waals surface area contributed by atoms with Crippen LogP contribution in [0.15, 0.2) is 30.5 Å². The largest absolute Gasteiger partial charge is 0.463 e. The molecule has 0 N–H and O–H groups in total. The normalized spacial score (nSPS) is 11.4. The van der Waals surface area contributed by atoms with E-state index >= 15 is 0 Å². The van der Waals surface area contributed by atoms with Gasteiger partial charge in [-0.1, -0.05) is 56.4 Å². The number of aromatic nitrogens is 3. The van der Waals surface area contributed by atoms with Crippen molar-refractivity contribution in [2.75, 3.05) is 13.2 Å². The van der Waals surface area contributed by atoms with Crippen molar-refractivity contribution in [2.24, 2.45) is 0 Å². The van der Waals surface area contributed by atoms with E-state index in [4.69, 9.17) is 9.47 Å². The minimum absolute atomic E-state index is 0.310. The van der Waals surface area contributed by atoms with Gasteiger partial charge in [-0.25, -0.2) is 9.59 Å². The first kappa shape index (κ1) is 27.0. The number of hydrogen-bond donors (Lipinski definition) is 0. The average molecular weight is 468 g/mol. The molecule has 7 nitrogen and oxygen atoms in total. The van der Waals surface area contributed by atoms with Crippen LogP contribution in [0.2, 0.25) is 0 Å². The van der Waals surface area contributed by atoms with Crippen LogP contribution in [0, 0.1) is 6.92 Å². The summed E-state index contributed by atoms with van der Waals surface area (Å²) >= 11 is 0. The zero-order valence-electron chi connectivity index (χ0n) is 20.9. The van der Waals surface area contributed by atoms with E-state index in [1.165, 1.54) is 44.3 Å². The average Bonchev–Trinajstić information content (AvgIpc) is 3.27. The van der Waals surface area contributed by atoms with Gasteiger partial charge < -0.3 is 9.47 Å². The van der Waals surface area contributed by atoms with Crippen molar-refractivity contribution in [3.8, 4) is 11.3 Å². The Morgan fingerprint density at radius 2 is 1.44 bits per heavy atom. The van der Waals surface area contributed by atoms with Crippen molar-refractivity contribution >= 4 is 24.1 Å². The van der Waals surface area contributed by atoms with Gasteiger partial charge in [0.2, 0.25) is 0 Å². The molecule has 184 valence electrons. The maximum Gasteiger partial charge on any atom is 0.330 e. The number of rotatable bonds is 14. The van der Waals surface area contributed by atoms with E-state index in [9.17, 15) is 9.59 Å². The minimum Gasteiger partial charge on any atom is -0.463 e. The molecule has 0 saturated carbocycles. The molecule has 0 atom stereocenters. The van der Waals surface area contributed by atoms with Crippen molar-refractivity contribution < 1.29 is 19.1 Å². The topological polar surface area (TPSA) is 83.3 Å². The fraction of sp³-hybridized carbons (Fsp3) is 0.481. The summed E-state index contributed by atoms with van der Waals surface area (Å²) in [4.78, 5) is 23.8. The Hall–Kier alpha value is -3.22. The minimum atomic E-state index is -0.412. The first-order valence-electron chi connectivity index (χ1n) is 12.2. The van der Waals surface area contributed by atoms with Gasteiger partial charge >= 0.3 is 11.9 Å². The third-order valence-electron chi connectivity index (χ3n) is 5.25. The molecule has 0 aliphatic rings. The summed E-state index contributed by atoms with van der Waals surface area (Å²) in [5.74, 6) is -0.824. The lowest BCUT2D eigenvalue weighted by atomic mass is 9.95. The SMILES string of the molecule is CCCCCCCCn1cc(-c2c(/C=C/C(=O)OCC)cc(C)cc2/C=C/C(=O)OCC)nn1. The maximum absolute atomic E-state index is 11.9. The Bertz CT molecular complexity index is 943. The summed E-state index contributed by atoms with van der Waals surface area (Å²) in [6.07, 6.45) is 15.4. The highest BCUT2D eigenvalue weighted by Gasteiger charge is 2.14. The van der Waals surface area contributed by atoms with Crippen molar-refractivity contribution in [2.45, 2.75) is 72.8 Å². The van der Waals surface area contributed by atoms with Crippen LogP contribution in [-0.4, -0.2) is 40.1 Å². The van der Waals surface area contributed by atoms with Crippen LogP contribution in [0.1, 0.15) is 76.0 Å². The lowest BCUT2D eigenvalue weighted by Gasteiger charge is -2.10. The maximum atomic E-state index is 11.9. The predicted octanol–water partition coefficient (Wildman–Crippen LogP) is 5.77. The predicted molar refractivity (Wildman–Crippen MR) is 135 cm³/mol. The number of carbonyl (C=O) groups is 2. The van der Waals surface area contributed by atoms with Gasteiger partial charge in [0, 0.05) is 24.3 Å². The molecule has 1 heterocycles. The molecule has 0 amide bonds. The van der Waals surface area contributed by atoms with Crippen molar-refractivity contribution in [1.29, 1.82) is 0 Å². The zero-order chi connectivity index (χ0) is 24.8. The van der Waals surface area contributed by atoms with Crippen LogP contribution in [0.4, 0.5) is 0 Å². The highest BCUT2D eigenvalue weighted by atomic mass is 16.5. The number of nitrogens with zero attached hydrogens (tertiary/aromatic N) is 3. The quantitative estimate of drug-likeness (QED) is 0.199. The Morgan fingerprint density at radius 1 is 0.882 bits per heavy atom. The first-order valence-corrected chi connectivity index (χ1v) is 12.2. The van der Waals surface area contributed by atoms with Crippen molar-refractivity contribution in [1.82, 2.24) is 15.0 Å². The molecule has 0 fully saturated rings. The third-order valence-corrected chi connectivity index (χ3v) is 5.25. The van der Waals surface area contributed by atoms with E-state index < -0.39 is 11.9 Å². The fourth-order valence-electron chi connectivity index (χ4n) is 3.67. The number of benzene rings is 1. The van der Waals surface area contributed by atoms with E-state index in [0.717, 1.165) is 35.2 Å². The second kappa shape index (κ2) is 14.8. The standard InChI is InChI=1S/C27H37N3O4/c1-5-8-9-10-11-12-17-30-20-24(28-29-30)27-22(13-15-25(31)33-6-2)18-21(4)19-23(27)14-16-26(32)34-7-3/h13-16,18-20H,5-12,17H2,1-4H3/b15-13+,16-14+.